The molecule has 1 aromatic carbocycles. The Labute approximate surface area is 93.7 Å². The second-order valence-corrected chi connectivity index (χ2v) is 4.04. The van der Waals surface area contributed by atoms with E-state index in [0.29, 0.717) is 0 Å². The predicted molar refractivity (Wildman–Crippen MR) is 63.3 cm³/mol. The molecule has 0 aliphatic rings. The standard InChI is InChI=1S/C12H13NOS/c1-2-8-14-11-9-13-15-12(11)10-6-4-3-5-7-10/h3-7,9H,2,8H2,1H3. The van der Waals surface area contributed by atoms with Gasteiger partial charge in [0, 0.05) is 0 Å². The van der Waals surface area contributed by atoms with Crippen LogP contribution in [0, 0.1) is 0 Å². The van der Waals surface area contributed by atoms with Crippen LogP contribution in [0.15, 0.2) is 36.5 Å². The second kappa shape index (κ2) is 4.94. The number of aromatic nitrogens is 1. The fourth-order valence-corrected chi connectivity index (χ4v) is 2.03. The second-order valence-electron chi connectivity index (χ2n) is 3.23. The SMILES string of the molecule is CCCOc1cnsc1-c1ccccc1. The molecule has 3 heteroatoms. The van der Waals surface area contributed by atoms with E-state index in [1.807, 2.05) is 18.2 Å². The Balaban J connectivity index is 2.25. The zero-order chi connectivity index (χ0) is 10.5. The molecule has 0 aliphatic heterocycles. The summed E-state index contributed by atoms with van der Waals surface area (Å²) in [6.07, 6.45) is 2.81. The highest BCUT2D eigenvalue weighted by atomic mass is 32.1. The average Bonchev–Trinajstić information content (AvgIpc) is 2.75. The van der Waals surface area contributed by atoms with Crippen LogP contribution in [0.2, 0.25) is 0 Å². The lowest BCUT2D eigenvalue weighted by Gasteiger charge is -2.04. The molecule has 2 aromatic rings. The summed E-state index contributed by atoms with van der Waals surface area (Å²) in [7, 11) is 0. The van der Waals surface area contributed by atoms with Crippen molar-refractivity contribution in [3.05, 3.63) is 36.5 Å². The lowest BCUT2D eigenvalue weighted by Crippen LogP contribution is -1.94. The van der Waals surface area contributed by atoms with Crippen molar-refractivity contribution in [2.75, 3.05) is 6.61 Å². The predicted octanol–water partition coefficient (Wildman–Crippen LogP) is 3.60. The van der Waals surface area contributed by atoms with Gasteiger partial charge in [-0.25, -0.2) is 0 Å². The Morgan fingerprint density at radius 2 is 2.07 bits per heavy atom. The van der Waals surface area contributed by atoms with E-state index in [-0.39, 0.29) is 0 Å². The van der Waals surface area contributed by atoms with Crippen molar-refractivity contribution in [2.24, 2.45) is 0 Å². The molecule has 0 atom stereocenters. The molecule has 0 unspecified atom stereocenters. The molecule has 0 N–H and O–H groups in total. The van der Waals surface area contributed by atoms with Crippen molar-refractivity contribution in [2.45, 2.75) is 13.3 Å². The number of nitrogens with zero attached hydrogens (tertiary/aromatic N) is 1. The maximum Gasteiger partial charge on any atom is 0.157 e. The van der Waals surface area contributed by atoms with Crippen LogP contribution in [0.5, 0.6) is 5.75 Å². The summed E-state index contributed by atoms with van der Waals surface area (Å²) in [6.45, 7) is 2.85. The molecular weight excluding hydrogens is 206 g/mol. The molecule has 2 rings (SSSR count). The van der Waals surface area contributed by atoms with E-state index in [2.05, 4.69) is 23.4 Å². The van der Waals surface area contributed by atoms with E-state index >= 15 is 0 Å². The van der Waals surface area contributed by atoms with Crippen molar-refractivity contribution < 1.29 is 4.74 Å². The molecule has 1 heterocycles. The van der Waals surface area contributed by atoms with Crippen molar-refractivity contribution in [1.82, 2.24) is 4.37 Å². The van der Waals surface area contributed by atoms with Crippen LogP contribution in [0.25, 0.3) is 10.4 Å². The Morgan fingerprint density at radius 3 is 2.80 bits per heavy atom. The molecule has 0 bridgehead atoms. The Hall–Kier alpha value is -1.35. The number of hydrogen-bond acceptors (Lipinski definition) is 3. The van der Waals surface area contributed by atoms with E-state index in [0.717, 1.165) is 23.7 Å². The first-order chi connectivity index (χ1) is 7.42. The molecule has 0 fully saturated rings. The van der Waals surface area contributed by atoms with Gasteiger partial charge in [0.05, 0.1) is 17.7 Å². The van der Waals surface area contributed by atoms with E-state index < -0.39 is 0 Å². The molecule has 0 spiro atoms. The fraction of sp³-hybridized carbons (Fsp3) is 0.250. The van der Waals surface area contributed by atoms with Gasteiger partial charge in [0.15, 0.2) is 5.75 Å². The van der Waals surface area contributed by atoms with Crippen molar-refractivity contribution in [1.29, 1.82) is 0 Å². The monoisotopic (exact) mass is 219 g/mol. The van der Waals surface area contributed by atoms with Crippen LogP contribution in [-0.4, -0.2) is 11.0 Å². The summed E-state index contributed by atoms with van der Waals surface area (Å²) in [5.74, 6) is 0.896. The van der Waals surface area contributed by atoms with Gasteiger partial charge in [-0.1, -0.05) is 37.3 Å². The van der Waals surface area contributed by atoms with Gasteiger partial charge in [0.1, 0.15) is 0 Å². The summed E-state index contributed by atoms with van der Waals surface area (Å²) in [5.41, 5.74) is 1.17. The Bertz CT molecular complexity index is 411. The van der Waals surface area contributed by atoms with Gasteiger partial charge in [0.25, 0.3) is 0 Å². The third-order valence-corrected chi connectivity index (χ3v) is 2.87. The number of ether oxygens (including phenoxy) is 1. The molecule has 15 heavy (non-hydrogen) atoms. The van der Waals surface area contributed by atoms with Crippen molar-refractivity contribution >= 4 is 11.5 Å². The quantitative estimate of drug-likeness (QED) is 0.783. The number of benzene rings is 1. The zero-order valence-electron chi connectivity index (χ0n) is 8.64. The lowest BCUT2D eigenvalue weighted by molar-refractivity contribution is 0.319. The smallest absolute Gasteiger partial charge is 0.157 e. The number of hydrogen-bond donors (Lipinski definition) is 0. The molecule has 0 aliphatic carbocycles. The molecule has 0 saturated carbocycles. The van der Waals surface area contributed by atoms with E-state index in [1.165, 1.54) is 17.1 Å². The molecule has 0 amide bonds. The highest BCUT2D eigenvalue weighted by Gasteiger charge is 2.08. The zero-order valence-corrected chi connectivity index (χ0v) is 9.46. The van der Waals surface area contributed by atoms with Crippen LogP contribution in [-0.2, 0) is 0 Å². The van der Waals surface area contributed by atoms with Gasteiger partial charge in [-0.2, -0.15) is 4.37 Å². The van der Waals surface area contributed by atoms with E-state index in [1.54, 1.807) is 6.20 Å². The van der Waals surface area contributed by atoms with Crippen LogP contribution in [0.4, 0.5) is 0 Å². The molecular formula is C12H13NOS. The summed E-state index contributed by atoms with van der Waals surface area (Å²) < 4.78 is 9.80. The van der Waals surface area contributed by atoms with Crippen LogP contribution in [0.1, 0.15) is 13.3 Å². The molecule has 0 radical (unpaired) electrons. The normalized spacial score (nSPS) is 10.2. The molecule has 1 aromatic heterocycles. The van der Waals surface area contributed by atoms with Gasteiger partial charge in [-0.15, -0.1) is 0 Å². The van der Waals surface area contributed by atoms with Crippen LogP contribution in [0.3, 0.4) is 0 Å². The summed E-state index contributed by atoms with van der Waals surface area (Å²) in [6, 6.07) is 10.2. The average molecular weight is 219 g/mol. The largest absolute Gasteiger partial charge is 0.490 e. The van der Waals surface area contributed by atoms with E-state index in [9.17, 15) is 0 Å². The summed E-state index contributed by atoms with van der Waals surface area (Å²) in [4.78, 5) is 1.11. The Kier molecular flexibility index (Phi) is 3.35. The number of rotatable bonds is 4. The minimum absolute atomic E-state index is 0.748. The van der Waals surface area contributed by atoms with Gasteiger partial charge in [-0.3, -0.25) is 0 Å². The van der Waals surface area contributed by atoms with Crippen LogP contribution >= 0.6 is 11.5 Å². The summed E-state index contributed by atoms with van der Waals surface area (Å²) >= 11 is 1.48. The van der Waals surface area contributed by atoms with Crippen LogP contribution < -0.4 is 4.74 Å². The third kappa shape index (κ3) is 2.36. The molecule has 0 saturated heterocycles. The minimum atomic E-state index is 0.748. The maximum atomic E-state index is 5.63. The highest BCUT2D eigenvalue weighted by molar-refractivity contribution is 7.10. The molecule has 78 valence electrons. The third-order valence-electron chi connectivity index (χ3n) is 2.04. The van der Waals surface area contributed by atoms with Gasteiger partial charge >= 0.3 is 0 Å². The van der Waals surface area contributed by atoms with E-state index in [4.69, 9.17) is 4.74 Å². The van der Waals surface area contributed by atoms with Crippen molar-refractivity contribution in [3.8, 4) is 16.2 Å². The Morgan fingerprint density at radius 1 is 1.27 bits per heavy atom. The topological polar surface area (TPSA) is 22.1 Å². The summed E-state index contributed by atoms with van der Waals surface area (Å²) in [5, 5.41) is 0. The first-order valence-corrected chi connectivity index (χ1v) is 5.82. The van der Waals surface area contributed by atoms with Gasteiger partial charge < -0.3 is 4.74 Å². The highest BCUT2D eigenvalue weighted by Crippen LogP contribution is 2.33. The van der Waals surface area contributed by atoms with Gasteiger partial charge in [0.2, 0.25) is 0 Å². The lowest BCUT2D eigenvalue weighted by atomic mass is 10.2. The maximum absolute atomic E-state index is 5.63. The first kappa shape index (κ1) is 10.2. The fourth-order valence-electron chi connectivity index (χ4n) is 1.33. The van der Waals surface area contributed by atoms with Crippen molar-refractivity contribution in [3.63, 3.8) is 0 Å². The molecule has 2 nitrogen and oxygen atoms in total. The first-order valence-electron chi connectivity index (χ1n) is 5.04. The minimum Gasteiger partial charge on any atom is -0.490 e. The van der Waals surface area contributed by atoms with Gasteiger partial charge in [-0.05, 0) is 23.5 Å².